The van der Waals surface area contributed by atoms with E-state index in [1.807, 2.05) is 36.5 Å². The lowest BCUT2D eigenvalue weighted by atomic mass is 10.1. The molecule has 6 nitrogen and oxygen atoms in total. The van der Waals surface area contributed by atoms with Crippen LogP contribution in [0.5, 0.6) is 5.88 Å². The number of hydrogen-bond donors (Lipinski definition) is 1. The number of pyridine rings is 1. The fourth-order valence-corrected chi connectivity index (χ4v) is 3.51. The maximum absolute atomic E-state index is 6.18. The van der Waals surface area contributed by atoms with Gasteiger partial charge in [0.15, 0.2) is 5.82 Å². The quantitative estimate of drug-likeness (QED) is 0.698. The number of hydrogen-bond acceptors (Lipinski definition) is 6. The molecule has 2 N–H and O–H groups in total. The number of rotatable bonds is 4. The second-order valence-corrected chi connectivity index (χ2v) is 6.99. The van der Waals surface area contributed by atoms with E-state index >= 15 is 0 Å². The van der Waals surface area contributed by atoms with Crippen molar-refractivity contribution in [3.63, 3.8) is 0 Å². The average molecular weight is 382 g/mol. The number of nitrogens with zero attached hydrogens (tertiary/aromatic N) is 4. The number of aromatic nitrogens is 3. The number of benzene rings is 1. The van der Waals surface area contributed by atoms with E-state index in [4.69, 9.17) is 27.1 Å². The van der Waals surface area contributed by atoms with E-state index < -0.39 is 0 Å². The van der Waals surface area contributed by atoms with Crippen LogP contribution in [0.1, 0.15) is 16.8 Å². The van der Waals surface area contributed by atoms with Crippen LogP contribution in [0, 0.1) is 0 Å². The van der Waals surface area contributed by atoms with Crippen molar-refractivity contribution in [3.05, 3.63) is 64.6 Å². The SMILES string of the molecule is COc1ncc(CN2CCc3nc(-c4ccc(N)cc4)ncc3C2)cc1Cl. The summed E-state index contributed by atoms with van der Waals surface area (Å²) in [4.78, 5) is 15.9. The normalized spacial score (nSPS) is 14.0. The molecule has 0 bridgehead atoms. The molecule has 4 rings (SSSR count). The topological polar surface area (TPSA) is 77.2 Å². The summed E-state index contributed by atoms with van der Waals surface area (Å²) in [6.07, 6.45) is 4.62. The molecule has 27 heavy (non-hydrogen) atoms. The van der Waals surface area contributed by atoms with Gasteiger partial charge in [-0.05, 0) is 35.9 Å². The minimum atomic E-state index is 0.452. The van der Waals surface area contributed by atoms with Gasteiger partial charge in [0.1, 0.15) is 5.02 Å². The highest BCUT2D eigenvalue weighted by molar-refractivity contribution is 6.31. The van der Waals surface area contributed by atoms with Gasteiger partial charge in [-0.3, -0.25) is 4.90 Å². The lowest BCUT2D eigenvalue weighted by Gasteiger charge is -2.28. The predicted molar refractivity (Wildman–Crippen MR) is 105 cm³/mol. The van der Waals surface area contributed by atoms with Crippen LogP contribution in [0.2, 0.25) is 5.02 Å². The molecule has 0 saturated carbocycles. The fraction of sp³-hybridized carbons (Fsp3) is 0.250. The van der Waals surface area contributed by atoms with Crippen molar-refractivity contribution in [2.45, 2.75) is 19.5 Å². The Morgan fingerprint density at radius 3 is 2.74 bits per heavy atom. The maximum atomic E-state index is 6.18. The van der Waals surface area contributed by atoms with E-state index in [-0.39, 0.29) is 0 Å². The van der Waals surface area contributed by atoms with Gasteiger partial charge in [0.25, 0.3) is 0 Å². The molecule has 138 valence electrons. The zero-order chi connectivity index (χ0) is 18.8. The molecule has 7 heteroatoms. The Kier molecular flexibility index (Phi) is 4.92. The zero-order valence-electron chi connectivity index (χ0n) is 15.0. The van der Waals surface area contributed by atoms with Crippen LogP contribution in [0.4, 0.5) is 5.69 Å². The summed E-state index contributed by atoms with van der Waals surface area (Å²) in [5.41, 5.74) is 10.8. The van der Waals surface area contributed by atoms with Gasteiger partial charge in [0.05, 0.1) is 12.8 Å². The molecule has 1 aliphatic rings. The van der Waals surface area contributed by atoms with Crippen molar-refractivity contribution in [1.82, 2.24) is 19.9 Å². The van der Waals surface area contributed by atoms with Gasteiger partial charge in [0, 0.05) is 55.3 Å². The smallest absolute Gasteiger partial charge is 0.232 e. The molecule has 0 saturated heterocycles. The van der Waals surface area contributed by atoms with Gasteiger partial charge >= 0.3 is 0 Å². The Labute approximate surface area is 163 Å². The average Bonchev–Trinajstić information content (AvgIpc) is 2.68. The number of halogens is 1. The molecule has 0 amide bonds. The van der Waals surface area contributed by atoms with E-state index in [0.29, 0.717) is 10.9 Å². The second kappa shape index (κ2) is 7.50. The fourth-order valence-electron chi connectivity index (χ4n) is 3.24. The monoisotopic (exact) mass is 381 g/mol. The van der Waals surface area contributed by atoms with E-state index in [9.17, 15) is 0 Å². The van der Waals surface area contributed by atoms with Gasteiger partial charge in [-0.1, -0.05) is 11.6 Å². The molecule has 0 aliphatic carbocycles. The third-order valence-electron chi connectivity index (χ3n) is 4.65. The van der Waals surface area contributed by atoms with Crippen molar-refractivity contribution in [2.24, 2.45) is 0 Å². The highest BCUT2D eigenvalue weighted by atomic mass is 35.5. The minimum Gasteiger partial charge on any atom is -0.480 e. The number of anilines is 1. The second-order valence-electron chi connectivity index (χ2n) is 6.58. The predicted octanol–water partition coefficient (Wildman–Crippen LogP) is 3.34. The zero-order valence-corrected chi connectivity index (χ0v) is 15.8. The molecule has 0 atom stereocenters. The van der Waals surface area contributed by atoms with E-state index in [0.717, 1.165) is 60.0 Å². The summed E-state index contributed by atoms with van der Waals surface area (Å²) in [6.45, 7) is 2.51. The summed E-state index contributed by atoms with van der Waals surface area (Å²) in [7, 11) is 1.56. The van der Waals surface area contributed by atoms with Crippen molar-refractivity contribution in [3.8, 4) is 17.3 Å². The molecule has 0 fully saturated rings. The highest BCUT2D eigenvalue weighted by Gasteiger charge is 2.19. The van der Waals surface area contributed by atoms with Crippen LogP contribution in [0.15, 0.2) is 42.7 Å². The first-order valence-electron chi connectivity index (χ1n) is 8.74. The molecule has 0 spiro atoms. The summed E-state index contributed by atoms with van der Waals surface area (Å²) >= 11 is 6.18. The van der Waals surface area contributed by atoms with Crippen molar-refractivity contribution in [2.75, 3.05) is 19.4 Å². The standard InChI is InChI=1S/C20H20ClN5O/c1-27-20-17(21)8-13(9-24-20)11-26-7-6-18-15(12-26)10-23-19(25-18)14-2-4-16(22)5-3-14/h2-5,8-10H,6-7,11-12,22H2,1H3. The maximum Gasteiger partial charge on any atom is 0.232 e. The van der Waals surface area contributed by atoms with E-state index in [2.05, 4.69) is 14.9 Å². The Bertz CT molecular complexity index is 961. The summed E-state index contributed by atoms with van der Waals surface area (Å²) in [5, 5.41) is 0.531. The third-order valence-corrected chi connectivity index (χ3v) is 4.92. The van der Waals surface area contributed by atoms with Crippen molar-refractivity contribution < 1.29 is 4.74 Å². The lowest BCUT2D eigenvalue weighted by molar-refractivity contribution is 0.242. The molecular weight excluding hydrogens is 362 g/mol. The van der Waals surface area contributed by atoms with Crippen LogP contribution < -0.4 is 10.5 Å². The largest absolute Gasteiger partial charge is 0.480 e. The van der Waals surface area contributed by atoms with Gasteiger partial charge in [-0.15, -0.1) is 0 Å². The van der Waals surface area contributed by atoms with E-state index in [1.54, 1.807) is 13.3 Å². The summed E-state index contributed by atoms with van der Waals surface area (Å²) in [5.74, 6) is 1.20. The molecule has 3 aromatic rings. The first kappa shape index (κ1) is 17.7. The number of ether oxygens (including phenoxy) is 1. The number of nitrogens with two attached hydrogens (primary N) is 1. The molecule has 2 aromatic heterocycles. The van der Waals surface area contributed by atoms with Crippen molar-refractivity contribution >= 4 is 17.3 Å². The number of fused-ring (bicyclic) bond motifs is 1. The summed E-state index contributed by atoms with van der Waals surface area (Å²) < 4.78 is 5.11. The van der Waals surface area contributed by atoms with Crippen LogP contribution in [0.25, 0.3) is 11.4 Å². The molecule has 1 aromatic carbocycles. The van der Waals surface area contributed by atoms with Crippen LogP contribution in [-0.4, -0.2) is 33.5 Å². The van der Waals surface area contributed by atoms with Crippen LogP contribution in [-0.2, 0) is 19.5 Å². The van der Waals surface area contributed by atoms with Gasteiger partial charge in [0.2, 0.25) is 5.88 Å². The Hall–Kier alpha value is -2.70. The Morgan fingerprint density at radius 2 is 2.00 bits per heavy atom. The lowest BCUT2D eigenvalue weighted by Crippen LogP contribution is -2.31. The van der Waals surface area contributed by atoms with Gasteiger partial charge in [-0.25, -0.2) is 15.0 Å². The number of methoxy groups -OCH3 is 1. The third kappa shape index (κ3) is 3.86. The first-order chi connectivity index (χ1) is 13.1. The van der Waals surface area contributed by atoms with Gasteiger partial charge < -0.3 is 10.5 Å². The van der Waals surface area contributed by atoms with Crippen molar-refractivity contribution in [1.29, 1.82) is 0 Å². The Balaban J connectivity index is 1.48. The molecule has 1 aliphatic heterocycles. The Morgan fingerprint density at radius 1 is 1.19 bits per heavy atom. The minimum absolute atomic E-state index is 0.452. The molecular formula is C20H20ClN5O. The summed E-state index contributed by atoms with van der Waals surface area (Å²) in [6, 6.07) is 9.55. The highest BCUT2D eigenvalue weighted by Crippen LogP contribution is 2.25. The van der Waals surface area contributed by atoms with Gasteiger partial charge in [-0.2, -0.15) is 0 Å². The van der Waals surface area contributed by atoms with Crippen LogP contribution >= 0.6 is 11.6 Å². The first-order valence-corrected chi connectivity index (χ1v) is 9.11. The van der Waals surface area contributed by atoms with E-state index in [1.165, 1.54) is 0 Å². The molecule has 0 unspecified atom stereocenters. The number of nitrogen functional groups attached to an aromatic ring is 1. The molecule has 3 heterocycles. The molecule has 0 radical (unpaired) electrons. The van der Waals surface area contributed by atoms with Crippen LogP contribution in [0.3, 0.4) is 0 Å².